The van der Waals surface area contributed by atoms with Gasteiger partial charge in [-0.25, -0.2) is 0 Å². The van der Waals surface area contributed by atoms with Crippen LogP contribution in [0.4, 0.5) is 0 Å². The van der Waals surface area contributed by atoms with E-state index in [9.17, 15) is 9.59 Å². The number of hydrogen-bond donors (Lipinski definition) is 1. The SMILES string of the molecule is CC.CC(C)C1C(=O)NC(=O)CC12CCCC2. The molecule has 1 atom stereocenters. The van der Waals surface area contributed by atoms with Crippen LogP contribution in [-0.2, 0) is 9.59 Å². The highest BCUT2D eigenvalue weighted by Crippen LogP contribution is 2.51. The van der Waals surface area contributed by atoms with Crippen molar-refractivity contribution in [1.29, 1.82) is 0 Å². The Balaban J connectivity index is 0.000000686. The molecule has 1 aliphatic heterocycles. The zero-order valence-corrected chi connectivity index (χ0v) is 11.5. The second kappa shape index (κ2) is 5.65. The van der Waals surface area contributed by atoms with Gasteiger partial charge < -0.3 is 0 Å². The van der Waals surface area contributed by atoms with Crippen LogP contribution in [0.5, 0.6) is 0 Å². The predicted molar refractivity (Wildman–Crippen MR) is 68.3 cm³/mol. The summed E-state index contributed by atoms with van der Waals surface area (Å²) in [6.07, 6.45) is 5.00. The van der Waals surface area contributed by atoms with Gasteiger partial charge in [-0.15, -0.1) is 0 Å². The lowest BCUT2D eigenvalue weighted by atomic mass is 9.64. The van der Waals surface area contributed by atoms with Crippen LogP contribution in [0.3, 0.4) is 0 Å². The van der Waals surface area contributed by atoms with E-state index in [1.54, 1.807) is 0 Å². The van der Waals surface area contributed by atoms with Gasteiger partial charge in [-0.3, -0.25) is 14.9 Å². The Morgan fingerprint density at radius 2 is 1.71 bits per heavy atom. The molecule has 0 bridgehead atoms. The molecule has 2 aliphatic rings. The summed E-state index contributed by atoms with van der Waals surface area (Å²) < 4.78 is 0. The number of imide groups is 1. The fraction of sp³-hybridized carbons (Fsp3) is 0.857. The van der Waals surface area contributed by atoms with E-state index in [0.29, 0.717) is 12.3 Å². The lowest BCUT2D eigenvalue weighted by Crippen LogP contribution is -2.53. The summed E-state index contributed by atoms with van der Waals surface area (Å²) in [7, 11) is 0. The highest BCUT2D eigenvalue weighted by Gasteiger charge is 2.50. The third kappa shape index (κ3) is 2.70. The van der Waals surface area contributed by atoms with Gasteiger partial charge in [0.15, 0.2) is 0 Å². The van der Waals surface area contributed by atoms with E-state index in [4.69, 9.17) is 0 Å². The van der Waals surface area contributed by atoms with Crippen LogP contribution in [0.15, 0.2) is 0 Å². The van der Waals surface area contributed by atoms with Crippen molar-refractivity contribution in [2.75, 3.05) is 0 Å². The number of carbonyl (C=O) groups excluding carboxylic acids is 2. The van der Waals surface area contributed by atoms with Gasteiger partial charge in [0.1, 0.15) is 0 Å². The summed E-state index contributed by atoms with van der Waals surface area (Å²) in [5, 5.41) is 2.48. The molecule has 17 heavy (non-hydrogen) atoms. The molecular formula is C14H25NO2. The Bertz CT molecular complexity index is 291. The van der Waals surface area contributed by atoms with Crippen molar-refractivity contribution >= 4 is 11.8 Å². The zero-order chi connectivity index (χ0) is 13.1. The van der Waals surface area contributed by atoms with Crippen molar-refractivity contribution in [2.45, 2.75) is 59.8 Å². The highest BCUT2D eigenvalue weighted by atomic mass is 16.2. The molecule has 1 spiro atoms. The molecule has 2 rings (SSSR count). The quantitative estimate of drug-likeness (QED) is 0.715. The van der Waals surface area contributed by atoms with E-state index in [1.807, 2.05) is 13.8 Å². The number of piperidine rings is 1. The lowest BCUT2D eigenvalue weighted by molar-refractivity contribution is -0.145. The lowest BCUT2D eigenvalue weighted by Gasteiger charge is -2.41. The number of hydrogen-bond acceptors (Lipinski definition) is 2. The molecule has 0 aromatic heterocycles. The Kier molecular flexibility index (Phi) is 4.72. The summed E-state index contributed by atoms with van der Waals surface area (Å²) >= 11 is 0. The maximum atomic E-state index is 11.9. The molecule has 3 heteroatoms. The van der Waals surface area contributed by atoms with E-state index >= 15 is 0 Å². The zero-order valence-electron chi connectivity index (χ0n) is 11.5. The standard InChI is InChI=1S/C12H19NO2.C2H6/c1-8(2)10-11(15)13-9(14)7-12(10)5-3-4-6-12;1-2/h8,10H,3-7H2,1-2H3,(H,13,14,15);1-2H3. The van der Waals surface area contributed by atoms with Crippen molar-refractivity contribution in [1.82, 2.24) is 5.32 Å². The number of rotatable bonds is 1. The van der Waals surface area contributed by atoms with Gasteiger partial charge >= 0.3 is 0 Å². The predicted octanol–water partition coefficient (Wildman–Crippen LogP) is 2.89. The normalized spacial score (nSPS) is 26.8. The molecule has 0 aromatic rings. The molecule has 3 nitrogen and oxygen atoms in total. The monoisotopic (exact) mass is 239 g/mol. The van der Waals surface area contributed by atoms with Crippen LogP contribution in [0, 0.1) is 17.3 Å². The van der Waals surface area contributed by atoms with Crippen molar-refractivity contribution in [3.8, 4) is 0 Å². The molecule has 2 amide bonds. The third-order valence-corrected chi connectivity index (χ3v) is 3.98. The average molecular weight is 239 g/mol. The first-order valence-electron chi connectivity index (χ1n) is 6.89. The fourth-order valence-electron chi connectivity index (χ4n) is 3.54. The highest BCUT2D eigenvalue weighted by molar-refractivity contribution is 5.99. The Morgan fingerprint density at radius 1 is 1.18 bits per heavy atom. The Labute approximate surface area is 104 Å². The summed E-state index contributed by atoms with van der Waals surface area (Å²) in [5.41, 5.74) is -0.00637. The van der Waals surface area contributed by atoms with Crippen molar-refractivity contribution in [3.63, 3.8) is 0 Å². The Morgan fingerprint density at radius 3 is 2.18 bits per heavy atom. The minimum atomic E-state index is -0.0706. The smallest absolute Gasteiger partial charge is 0.230 e. The minimum Gasteiger partial charge on any atom is -0.296 e. The molecular weight excluding hydrogens is 214 g/mol. The first-order valence-corrected chi connectivity index (χ1v) is 6.89. The van der Waals surface area contributed by atoms with E-state index in [-0.39, 0.29) is 23.1 Å². The summed E-state index contributed by atoms with van der Waals surface area (Å²) in [4.78, 5) is 23.3. The van der Waals surface area contributed by atoms with Crippen LogP contribution < -0.4 is 5.32 Å². The fourth-order valence-corrected chi connectivity index (χ4v) is 3.54. The van der Waals surface area contributed by atoms with E-state index in [0.717, 1.165) is 12.8 Å². The number of amides is 2. The number of nitrogens with one attached hydrogen (secondary N) is 1. The summed E-state index contributed by atoms with van der Waals surface area (Å²) in [5.74, 6) is 0.260. The topological polar surface area (TPSA) is 46.2 Å². The van der Waals surface area contributed by atoms with Gasteiger partial charge in [0.2, 0.25) is 11.8 Å². The first-order chi connectivity index (χ1) is 8.05. The van der Waals surface area contributed by atoms with Crippen LogP contribution in [0.1, 0.15) is 59.8 Å². The second-order valence-electron chi connectivity index (χ2n) is 5.38. The van der Waals surface area contributed by atoms with Crippen LogP contribution in [0.2, 0.25) is 0 Å². The molecule has 0 aromatic carbocycles. The molecule has 1 heterocycles. The van der Waals surface area contributed by atoms with Gasteiger partial charge in [0.05, 0.1) is 0 Å². The molecule has 1 unspecified atom stereocenters. The first kappa shape index (κ1) is 14.2. The van der Waals surface area contributed by atoms with Gasteiger partial charge in [-0.1, -0.05) is 40.5 Å². The molecule has 98 valence electrons. The maximum absolute atomic E-state index is 11.9. The summed E-state index contributed by atoms with van der Waals surface area (Å²) in [6.45, 7) is 8.17. The Hall–Kier alpha value is -0.860. The van der Waals surface area contributed by atoms with Crippen LogP contribution in [-0.4, -0.2) is 11.8 Å². The molecule has 2 fully saturated rings. The van der Waals surface area contributed by atoms with E-state index < -0.39 is 0 Å². The van der Waals surface area contributed by atoms with Gasteiger partial charge in [-0.2, -0.15) is 0 Å². The average Bonchev–Trinajstić information content (AvgIpc) is 2.67. The largest absolute Gasteiger partial charge is 0.296 e. The van der Waals surface area contributed by atoms with Crippen LogP contribution in [0.25, 0.3) is 0 Å². The number of carbonyl (C=O) groups is 2. The van der Waals surface area contributed by atoms with E-state index in [1.165, 1.54) is 12.8 Å². The van der Waals surface area contributed by atoms with Crippen molar-refractivity contribution in [3.05, 3.63) is 0 Å². The molecule has 1 saturated heterocycles. The van der Waals surface area contributed by atoms with Gasteiger partial charge in [0.25, 0.3) is 0 Å². The van der Waals surface area contributed by atoms with Crippen molar-refractivity contribution in [2.24, 2.45) is 17.3 Å². The molecule has 1 aliphatic carbocycles. The minimum absolute atomic E-state index is 0.00637. The second-order valence-corrected chi connectivity index (χ2v) is 5.38. The van der Waals surface area contributed by atoms with Gasteiger partial charge in [-0.05, 0) is 24.2 Å². The molecule has 0 radical (unpaired) electrons. The van der Waals surface area contributed by atoms with Gasteiger partial charge in [0, 0.05) is 12.3 Å². The molecule has 1 N–H and O–H groups in total. The van der Waals surface area contributed by atoms with Crippen LogP contribution >= 0.6 is 0 Å². The summed E-state index contributed by atoms with van der Waals surface area (Å²) in [6, 6.07) is 0. The van der Waals surface area contributed by atoms with Crippen molar-refractivity contribution < 1.29 is 9.59 Å². The third-order valence-electron chi connectivity index (χ3n) is 3.98. The molecule has 1 saturated carbocycles. The van der Waals surface area contributed by atoms with E-state index in [2.05, 4.69) is 19.2 Å². The maximum Gasteiger partial charge on any atom is 0.230 e.